The molecular formula is C11H12ClNO5. The number of carbonyl (C=O) groups is 2. The SMILES string of the molecule is CC(O)(CNC(=O)c1ccc(Cl)cc1O)C(=O)O. The fraction of sp³-hybridized carbons (Fsp3) is 0.273. The molecule has 1 aromatic rings. The summed E-state index contributed by atoms with van der Waals surface area (Å²) in [5.41, 5.74) is -2.13. The molecule has 0 spiro atoms. The van der Waals surface area contributed by atoms with Crippen molar-refractivity contribution in [2.75, 3.05) is 6.54 Å². The summed E-state index contributed by atoms with van der Waals surface area (Å²) in [5.74, 6) is -2.48. The molecule has 0 aliphatic carbocycles. The molecule has 0 fully saturated rings. The number of phenolic OH excluding ortho intramolecular Hbond substituents is 1. The van der Waals surface area contributed by atoms with Crippen LogP contribution in [0.4, 0.5) is 0 Å². The van der Waals surface area contributed by atoms with Gasteiger partial charge in [-0.3, -0.25) is 4.79 Å². The van der Waals surface area contributed by atoms with Crippen LogP contribution in [-0.4, -0.2) is 39.3 Å². The number of aliphatic carboxylic acids is 1. The lowest BCUT2D eigenvalue weighted by Gasteiger charge is -2.18. The molecule has 0 radical (unpaired) electrons. The summed E-state index contributed by atoms with van der Waals surface area (Å²) in [6.45, 7) is 0.570. The van der Waals surface area contributed by atoms with Crippen molar-refractivity contribution in [3.8, 4) is 5.75 Å². The van der Waals surface area contributed by atoms with Crippen molar-refractivity contribution in [2.45, 2.75) is 12.5 Å². The standard InChI is InChI=1S/C11H12ClNO5/c1-11(18,10(16)17)5-13-9(15)7-3-2-6(12)4-8(7)14/h2-4,14,18H,5H2,1H3,(H,13,15)(H,16,17). The van der Waals surface area contributed by atoms with Gasteiger partial charge in [0.2, 0.25) is 0 Å². The fourth-order valence-electron chi connectivity index (χ4n) is 1.12. The van der Waals surface area contributed by atoms with E-state index in [1.165, 1.54) is 18.2 Å². The Morgan fingerprint density at radius 2 is 2.06 bits per heavy atom. The number of carbonyl (C=O) groups excluding carboxylic acids is 1. The summed E-state index contributed by atoms with van der Waals surface area (Å²) in [6, 6.07) is 3.89. The summed E-state index contributed by atoms with van der Waals surface area (Å²) in [4.78, 5) is 22.2. The molecule has 0 aliphatic rings. The molecular weight excluding hydrogens is 262 g/mol. The van der Waals surface area contributed by atoms with E-state index in [0.29, 0.717) is 0 Å². The average Bonchev–Trinajstić information content (AvgIpc) is 2.25. The fourth-order valence-corrected chi connectivity index (χ4v) is 1.29. The van der Waals surface area contributed by atoms with Crippen molar-refractivity contribution in [3.05, 3.63) is 28.8 Å². The number of carboxylic acid groups (broad SMARTS) is 1. The second-order valence-corrected chi connectivity index (χ2v) is 4.36. The molecule has 0 heterocycles. The highest BCUT2D eigenvalue weighted by Gasteiger charge is 2.30. The molecule has 0 saturated carbocycles. The maximum Gasteiger partial charge on any atom is 0.337 e. The van der Waals surface area contributed by atoms with Crippen LogP contribution in [0, 0.1) is 0 Å². The highest BCUT2D eigenvalue weighted by atomic mass is 35.5. The first kappa shape index (κ1) is 14.3. The van der Waals surface area contributed by atoms with E-state index in [1.54, 1.807) is 0 Å². The van der Waals surface area contributed by atoms with E-state index in [1.807, 2.05) is 0 Å². The Morgan fingerprint density at radius 3 is 2.56 bits per heavy atom. The van der Waals surface area contributed by atoms with Crippen molar-refractivity contribution < 1.29 is 24.9 Å². The van der Waals surface area contributed by atoms with Gasteiger partial charge in [0.15, 0.2) is 5.60 Å². The van der Waals surface area contributed by atoms with Crippen LogP contribution in [0.25, 0.3) is 0 Å². The van der Waals surface area contributed by atoms with Gasteiger partial charge in [-0.25, -0.2) is 4.79 Å². The highest BCUT2D eigenvalue weighted by molar-refractivity contribution is 6.30. The number of halogens is 1. The molecule has 1 unspecified atom stereocenters. The maximum absolute atomic E-state index is 11.6. The van der Waals surface area contributed by atoms with Gasteiger partial charge in [-0.1, -0.05) is 11.6 Å². The van der Waals surface area contributed by atoms with E-state index in [0.717, 1.165) is 6.92 Å². The second-order valence-electron chi connectivity index (χ2n) is 3.92. The first-order valence-electron chi connectivity index (χ1n) is 4.96. The second kappa shape index (κ2) is 5.24. The van der Waals surface area contributed by atoms with Crippen LogP contribution in [-0.2, 0) is 4.79 Å². The predicted octanol–water partition coefficient (Wildman–Crippen LogP) is 0.611. The van der Waals surface area contributed by atoms with Crippen LogP contribution in [0.1, 0.15) is 17.3 Å². The minimum Gasteiger partial charge on any atom is -0.507 e. The van der Waals surface area contributed by atoms with E-state index in [-0.39, 0.29) is 16.3 Å². The molecule has 1 rings (SSSR count). The molecule has 1 amide bonds. The number of aromatic hydroxyl groups is 1. The van der Waals surface area contributed by atoms with Crippen LogP contribution < -0.4 is 5.32 Å². The predicted molar refractivity (Wildman–Crippen MR) is 63.7 cm³/mol. The van der Waals surface area contributed by atoms with Crippen molar-refractivity contribution in [2.24, 2.45) is 0 Å². The van der Waals surface area contributed by atoms with Crippen molar-refractivity contribution in [1.82, 2.24) is 5.32 Å². The summed E-state index contributed by atoms with van der Waals surface area (Å²) >= 11 is 5.60. The molecule has 7 heteroatoms. The number of carboxylic acids is 1. The van der Waals surface area contributed by atoms with E-state index in [2.05, 4.69) is 5.32 Å². The minimum absolute atomic E-state index is 0.0550. The normalized spacial score (nSPS) is 13.7. The number of aliphatic hydroxyl groups is 1. The maximum atomic E-state index is 11.6. The van der Waals surface area contributed by atoms with Gasteiger partial charge in [-0.15, -0.1) is 0 Å². The molecule has 0 saturated heterocycles. The molecule has 6 nitrogen and oxygen atoms in total. The molecule has 98 valence electrons. The number of hydrogen-bond acceptors (Lipinski definition) is 4. The zero-order chi connectivity index (χ0) is 13.9. The molecule has 0 aliphatic heterocycles. The number of rotatable bonds is 4. The third-order valence-electron chi connectivity index (χ3n) is 2.26. The van der Waals surface area contributed by atoms with Crippen LogP contribution in [0.5, 0.6) is 5.75 Å². The number of hydrogen-bond donors (Lipinski definition) is 4. The van der Waals surface area contributed by atoms with Gasteiger partial charge in [0.05, 0.1) is 12.1 Å². The van der Waals surface area contributed by atoms with Gasteiger partial charge >= 0.3 is 5.97 Å². The Morgan fingerprint density at radius 1 is 1.44 bits per heavy atom. The van der Waals surface area contributed by atoms with Gasteiger partial charge in [-0.05, 0) is 25.1 Å². The quantitative estimate of drug-likeness (QED) is 0.643. The van der Waals surface area contributed by atoms with E-state index >= 15 is 0 Å². The highest BCUT2D eigenvalue weighted by Crippen LogP contribution is 2.21. The summed E-state index contributed by atoms with van der Waals surface area (Å²) in [7, 11) is 0. The van der Waals surface area contributed by atoms with Crippen LogP contribution in [0.2, 0.25) is 5.02 Å². The zero-order valence-electron chi connectivity index (χ0n) is 9.48. The smallest absolute Gasteiger partial charge is 0.337 e. The number of benzene rings is 1. The Labute approximate surface area is 108 Å². The summed E-state index contributed by atoms with van der Waals surface area (Å²) in [6.07, 6.45) is 0. The van der Waals surface area contributed by atoms with Crippen LogP contribution in [0.3, 0.4) is 0 Å². The monoisotopic (exact) mass is 273 g/mol. The van der Waals surface area contributed by atoms with Gasteiger partial charge in [0.25, 0.3) is 5.91 Å². The first-order valence-corrected chi connectivity index (χ1v) is 5.34. The zero-order valence-corrected chi connectivity index (χ0v) is 10.2. The first-order chi connectivity index (χ1) is 8.24. The van der Waals surface area contributed by atoms with Crippen LogP contribution in [0.15, 0.2) is 18.2 Å². The van der Waals surface area contributed by atoms with Crippen molar-refractivity contribution in [3.63, 3.8) is 0 Å². The molecule has 1 atom stereocenters. The molecule has 4 N–H and O–H groups in total. The Kier molecular flexibility index (Phi) is 4.15. The Balaban J connectivity index is 2.75. The third kappa shape index (κ3) is 3.35. The van der Waals surface area contributed by atoms with Crippen molar-refractivity contribution >= 4 is 23.5 Å². The lowest BCUT2D eigenvalue weighted by atomic mass is 10.1. The van der Waals surface area contributed by atoms with Crippen molar-refractivity contribution in [1.29, 1.82) is 0 Å². The number of phenols is 1. The Bertz CT molecular complexity index is 486. The van der Waals surface area contributed by atoms with E-state index in [4.69, 9.17) is 16.7 Å². The molecule has 0 aromatic heterocycles. The summed E-state index contributed by atoms with van der Waals surface area (Å²) in [5, 5.41) is 30.0. The molecule has 0 bridgehead atoms. The largest absolute Gasteiger partial charge is 0.507 e. The Hall–Kier alpha value is -1.79. The van der Waals surface area contributed by atoms with E-state index in [9.17, 15) is 19.8 Å². The number of nitrogens with one attached hydrogen (secondary N) is 1. The van der Waals surface area contributed by atoms with Gasteiger partial charge in [0, 0.05) is 5.02 Å². The topological polar surface area (TPSA) is 107 Å². The number of amides is 1. The van der Waals surface area contributed by atoms with Gasteiger partial charge < -0.3 is 20.6 Å². The lowest BCUT2D eigenvalue weighted by Crippen LogP contribution is -2.46. The van der Waals surface area contributed by atoms with Gasteiger partial charge in [0.1, 0.15) is 5.75 Å². The summed E-state index contributed by atoms with van der Waals surface area (Å²) < 4.78 is 0. The average molecular weight is 274 g/mol. The van der Waals surface area contributed by atoms with E-state index < -0.39 is 24.0 Å². The molecule has 1 aromatic carbocycles. The molecule has 18 heavy (non-hydrogen) atoms. The van der Waals surface area contributed by atoms with Crippen LogP contribution >= 0.6 is 11.6 Å². The minimum atomic E-state index is -2.07. The van der Waals surface area contributed by atoms with Gasteiger partial charge in [-0.2, -0.15) is 0 Å². The third-order valence-corrected chi connectivity index (χ3v) is 2.49. The lowest BCUT2D eigenvalue weighted by molar-refractivity contribution is -0.155.